The predicted molar refractivity (Wildman–Crippen MR) is 102 cm³/mol. The van der Waals surface area contributed by atoms with Gasteiger partial charge in [0, 0.05) is 28.6 Å². The van der Waals surface area contributed by atoms with Crippen LogP contribution >= 0.6 is 11.3 Å². The molecule has 25 heavy (non-hydrogen) atoms. The number of carboxylic acids is 1. The molecule has 0 unspecified atom stereocenters. The molecule has 0 amide bonds. The summed E-state index contributed by atoms with van der Waals surface area (Å²) in [6.07, 6.45) is 5.97. The SMILES string of the molecule is CN(C)CC/C=C1\c2cc(/C=C/C(=O)O)ccc2OCc2ccsc21. The largest absolute Gasteiger partial charge is 0.488 e. The van der Waals surface area contributed by atoms with Crippen LogP contribution in [0.2, 0.25) is 0 Å². The Hall–Kier alpha value is -2.37. The summed E-state index contributed by atoms with van der Waals surface area (Å²) in [5.74, 6) is -0.111. The van der Waals surface area contributed by atoms with Crippen LogP contribution < -0.4 is 4.74 Å². The quantitative estimate of drug-likeness (QED) is 0.820. The molecule has 1 aliphatic rings. The van der Waals surface area contributed by atoms with E-state index < -0.39 is 5.97 Å². The van der Waals surface area contributed by atoms with Gasteiger partial charge in [-0.05, 0) is 61.3 Å². The molecule has 0 aliphatic carbocycles. The van der Waals surface area contributed by atoms with Crippen molar-refractivity contribution in [3.8, 4) is 5.75 Å². The maximum Gasteiger partial charge on any atom is 0.328 e. The topological polar surface area (TPSA) is 49.8 Å². The predicted octanol–water partition coefficient (Wildman–Crippen LogP) is 4.12. The second-order valence-corrected chi connectivity index (χ2v) is 7.12. The van der Waals surface area contributed by atoms with Gasteiger partial charge >= 0.3 is 5.97 Å². The number of nitrogens with zero attached hydrogens (tertiary/aromatic N) is 1. The molecule has 1 aromatic carbocycles. The lowest BCUT2D eigenvalue weighted by molar-refractivity contribution is -0.131. The molecule has 3 rings (SSSR count). The molecule has 0 bridgehead atoms. The minimum atomic E-state index is -0.950. The first kappa shape index (κ1) is 17.5. The molecule has 2 aromatic rings. The summed E-state index contributed by atoms with van der Waals surface area (Å²) in [6.45, 7) is 1.53. The van der Waals surface area contributed by atoms with E-state index in [9.17, 15) is 4.79 Å². The zero-order valence-corrected chi connectivity index (χ0v) is 15.2. The van der Waals surface area contributed by atoms with Gasteiger partial charge in [0.1, 0.15) is 12.4 Å². The molecule has 1 aromatic heterocycles. The second kappa shape index (κ2) is 7.68. The first-order chi connectivity index (χ1) is 12.0. The van der Waals surface area contributed by atoms with Crippen LogP contribution in [0.3, 0.4) is 0 Å². The third-order valence-corrected chi connectivity index (χ3v) is 5.00. The van der Waals surface area contributed by atoms with E-state index in [2.05, 4.69) is 36.5 Å². The standard InChI is InChI=1S/C20H21NO3S/c1-21(2)10-3-4-16-17-12-14(6-8-19(22)23)5-7-18(17)24-13-15-9-11-25-20(15)16/h4-9,11-12H,3,10,13H2,1-2H3,(H,22,23)/b8-6+,16-4+. The summed E-state index contributed by atoms with van der Waals surface area (Å²) in [7, 11) is 4.13. The Kier molecular flexibility index (Phi) is 5.36. The van der Waals surface area contributed by atoms with Crippen LogP contribution in [-0.2, 0) is 11.4 Å². The highest BCUT2D eigenvalue weighted by Crippen LogP contribution is 2.40. The van der Waals surface area contributed by atoms with Crippen molar-refractivity contribution in [3.63, 3.8) is 0 Å². The van der Waals surface area contributed by atoms with E-state index in [4.69, 9.17) is 9.84 Å². The Morgan fingerprint density at radius 2 is 2.20 bits per heavy atom. The molecule has 1 aliphatic heterocycles. The first-order valence-corrected chi connectivity index (χ1v) is 9.02. The molecule has 0 saturated carbocycles. The van der Waals surface area contributed by atoms with Gasteiger partial charge in [0.2, 0.25) is 0 Å². The number of benzene rings is 1. The number of carbonyl (C=O) groups is 1. The Labute approximate surface area is 151 Å². The van der Waals surface area contributed by atoms with E-state index in [-0.39, 0.29) is 0 Å². The van der Waals surface area contributed by atoms with E-state index in [1.54, 1.807) is 17.4 Å². The van der Waals surface area contributed by atoms with Crippen molar-refractivity contribution in [2.75, 3.05) is 20.6 Å². The van der Waals surface area contributed by atoms with Crippen molar-refractivity contribution in [2.45, 2.75) is 13.0 Å². The third kappa shape index (κ3) is 4.18. The highest BCUT2D eigenvalue weighted by molar-refractivity contribution is 7.11. The molecule has 130 valence electrons. The second-order valence-electron chi connectivity index (χ2n) is 6.20. The van der Waals surface area contributed by atoms with Gasteiger partial charge in [-0.3, -0.25) is 0 Å². The number of fused-ring (bicyclic) bond motifs is 2. The molecule has 5 heteroatoms. The van der Waals surface area contributed by atoms with Gasteiger partial charge in [-0.25, -0.2) is 4.79 Å². The van der Waals surface area contributed by atoms with Gasteiger partial charge < -0.3 is 14.7 Å². The van der Waals surface area contributed by atoms with E-state index in [1.807, 2.05) is 18.2 Å². The van der Waals surface area contributed by atoms with E-state index in [0.29, 0.717) is 6.61 Å². The third-order valence-electron chi connectivity index (χ3n) is 4.01. The fourth-order valence-corrected chi connectivity index (χ4v) is 3.76. The molecule has 0 fully saturated rings. The van der Waals surface area contributed by atoms with Gasteiger partial charge in [-0.1, -0.05) is 12.1 Å². The molecule has 0 spiro atoms. The smallest absolute Gasteiger partial charge is 0.328 e. The van der Waals surface area contributed by atoms with Crippen LogP contribution in [0.25, 0.3) is 11.6 Å². The highest BCUT2D eigenvalue weighted by Gasteiger charge is 2.20. The number of aliphatic carboxylic acids is 1. The van der Waals surface area contributed by atoms with Gasteiger partial charge in [0.05, 0.1) is 0 Å². The minimum absolute atomic E-state index is 0.557. The average Bonchev–Trinajstić information content (AvgIpc) is 2.98. The monoisotopic (exact) mass is 355 g/mol. The summed E-state index contributed by atoms with van der Waals surface area (Å²) in [5, 5.41) is 10.9. The molecular formula is C20H21NO3S. The number of rotatable bonds is 5. The highest BCUT2D eigenvalue weighted by atomic mass is 32.1. The van der Waals surface area contributed by atoms with Crippen molar-refractivity contribution in [3.05, 3.63) is 63.4 Å². The lowest BCUT2D eigenvalue weighted by atomic mass is 9.98. The molecule has 4 nitrogen and oxygen atoms in total. The summed E-state index contributed by atoms with van der Waals surface area (Å²) in [5.41, 5.74) is 4.24. The number of thiophene rings is 1. The van der Waals surface area contributed by atoms with Gasteiger partial charge in [-0.2, -0.15) is 0 Å². The molecule has 0 radical (unpaired) electrons. The number of ether oxygens (including phenoxy) is 1. The number of hydrogen-bond donors (Lipinski definition) is 1. The molecular weight excluding hydrogens is 334 g/mol. The first-order valence-electron chi connectivity index (χ1n) is 8.14. The van der Waals surface area contributed by atoms with Crippen LogP contribution in [0.5, 0.6) is 5.75 Å². The van der Waals surface area contributed by atoms with Gasteiger partial charge in [0.15, 0.2) is 0 Å². The Morgan fingerprint density at radius 1 is 1.36 bits per heavy atom. The zero-order chi connectivity index (χ0) is 17.8. The lowest BCUT2D eigenvalue weighted by Crippen LogP contribution is -2.12. The fourth-order valence-electron chi connectivity index (χ4n) is 2.79. The summed E-state index contributed by atoms with van der Waals surface area (Å²) in [6, 6.07) is 7.92. The van der Waals surface area contributed by atoms with Crippen LogP contribution in [0, 0.1) is 0 Å². The Morgan fingerprint density at radius 3 is 2.96 bits per heavy atom. The molecule has 2 heterocycles. The maximum atomic E-state index is 10.8. The van der Waals surface area contributed by atoms with Crippen molar-refractivity contribution >= 4 is 29.0 Å². The van der Waals surface area contributed by atoms with E-state index in [1.165, 1.54) is 16.0 Å². The lowest BCUT2D eigenvalue weighted by Gasteiger charge is -2.12. The van der Waals surface area contributed by atoms with Crippen LogP contribution in [0.15, 0.2) is 41.8 Å². The Balaban J connectivity index is 2.04. The minimum Gasteiger partial charge on any atom is -0.488 e. The van der Waals surface area contributed by atoms with Crippen LogP contribution in [0.4, 0.5) is 0 Å². The molecule has 0 saturated heterocycles. The van der Waals surface area contributed by atoms with Crippen molar-refractivity contribution in [2.24, 2.45) is 0 Å². The van der Waals surface area contributed by atoms with Crippen molar-refractivity contribution < 1.29 is 14.6 Å². The normalized spacial score (nSPS) is 15.1. The fraction of sp³-hybridized carbons (Fsp3) is 0.250. The van der Waals surface area contributed by atoms with Crippen molar-refractivity contribution in [1.82, 2.24) is 4.90 Å². The average molecular weight is 355 g/mol. The van der Waals surface area contributed by atoms with Crippen LogP contribution in [-0.4, -0.2) is 36.6 Å². The summed E-state index contributed by atoms with van der Waals surface area (Å²) in [4.78, 5) is 14.2. The molecule has 0 atom stereocenters. The number of hydrogen-bond acceptors (Lipinski definition) is 4. The van der Waals surface area contributed by atoms with Crippen LogP contribution in [0.1, 0.15) is 28.0 Å². The summed E-state index contributed by atoms with van der Waals surface area (Å²) < 4.78 is 5.99. The molecule has 1 N–H and O–H groups in total. The van der Waals surface area contributed by atoms with Crippen molar-refractivity contribution in [1.29, 1.82) is 0 Å². The van der Waals surface area contributed by atoms with Gasteiger partial charge in [-0.15, -0.1) is 11.3 Å². The van der Waals surface area contributed by atoms with Gasteiger partial charge in [0.25, 0.3) is 0 Å². The van der Waals surface area contributed by atoms with E-state index >= 15 is 0 Å². The van der Waals surface area contributed by atoms with E-state index in [0.717, 1.165) is 35.9 Å². The number of carboxylic acid groups (broad SMARTS) is 1. The zero-order valence-electron chi connectivity index (χ0n) is 14.4. The maximum absolute atomic E-state index is 10.8. The summed E-state index contributed by atoms with van der Waals surface area (Å²) >= 11 is 1.72. The Bertz CT molecular complexity index is 833.